The van der Waals surface area contributed by atoms with E-state index in [1.807, 2.05) is 30.3 Å². The molecule has 0 fully saturated rings. The second kappa shape index (κ2) is 8.66. The molecule has 0 aliphatic rings. The molecule has 0 saturated heterocycles. The van der Waals surface area contributed by atoms with Crippen molar-refractivity contribution in [3.63, 3.8) is 0 Å². The van der Waals surface area contributed by atoms with Gasteiger partial charge in [0, 0.05) is 17.8 Å². The third-order valence-corrected chi connectivity index (χ3v) is 4.53. The van der Waals surface area contributed by atoms with E-state index >= 15 is 0 Å². The van der Waals surface area contributed by atoms with Crippen LogP contribution < -0.4 is 16.1 Å². The van der Waals surface area contributed by atoms with Gasteiger partial charge < -0.3 is 19.5 Å². The molecule has 0 aliphatic carbocycles. The average Bonchev–Trinajstić information content (AvgIpc) is 3.12. The van der Waals surface area contributed by atoms with Crippen molar-refractivity contribution >= 4 is 28.8 Å². The van der Waals surface area contributed by atoms with Crippen LogP contribution in [-0.4, -0.2) is 23.3 Å². The summed E-state index contributed by atoms with van der Waals surface area (Å²) in [5.74, 6) is 0.366. The highest BCUT2D eigenvalue weighted by Gasteiger charge is 2.23. The van der Waals surface area contributed by atoms with Gasteiger partial charge in [-0.2, -0.15) is 0 Å². The summed E-state index contributed by atoms with van der Waals surface area (Å²) >= 11 is 0. The van der Waals surface area contributed by atoms with Crippen LogP contribution in [0.4, 0.5) is 5.82 Å². The fourth-order valence-corrected chi connectivity index (χ4v) is 3.17. The maximum absolute atomic E-state index is 12.6. The van der Waals surface area contributed by atoms with Gasteiger partial charge in [0.05, 0.1) is 18.5 Å². The Morgan fingerprint density at radius 3 is 2.48 bits per heavy atom. The van der Waals surface area contributed by atoms with E-state index in [2.05, 4.69) is 15.6 Å². The topological polar surface area (TPSA) is 114 Å². The lowest BCUT2D eigenvalue weighted by Crippen LogP contribution is -2.34. The van der Waals surface area contributed by atoms with Crippen molar-refractivity contribution in [2.24, 2.45) is 0 Å². The maximum Gasteiger partial charge on any atom is 0.244 e. The lowest BCUT2D eigenvalue weighted by Gasteiger charge is -2.07. The lowest BCUT2D eigenvalue weighted by atomic mass is 10.1. The van der Waals surface area contributed by atoms with E-state index in [4.69, 9.17) is 8.83 Å². The first-order chi connectivity index (χ1) is 15.0. The number of benzene rings is 1. The van der Waals surface area contributed by atoms with Crippen molar-refractivity contribution in [2.45, 2.75) is 13.3 Å². The van der Waals surface area contributed by atoms with Crippen molar-refractivity contribution in [1.29, 1.82) is 0 Å². The van der Waals surface area contributed by atoms with Gasteiger partial charge in [0.25, 0.3) is 0 Å². The summed E-state index contributed by atoms with van der Waals surface area (Å²) in [5.41, 5.74) is 1.13. The Hall–Kier alpha value is -4.20. The summed E-state index contributed by atoms with van der Waals surface area (Å²) in [6.07, 6.45) is 1.43. The van der Waals surface area contributed by atoms with E-state index in [0.717, 1.165) is 0 Å². The van der Waals surface area contributed by atoms with Gasteiger partial charge in [-0.1, -0.05) is 36.4 Å². The van der Waals surface area contributed by atoms with Gasteiger partial charge in [-0.15, -0.1) is 0 Å². The summed E-state index contributed by atoms with van der Waals surface area (Å²) in [6, 6.07) is 15.6. The minimum absolute atomic E-state index is 0.0557. The Labute approximate surface area is 176 Å². The molecule has 0 spiro atoms. The van der Waals surface area contributed by atoms with Crippen LogP contribution in [0.25, 0.3) is 22.5 Å². The molecule has 8 nitrogen and oxygen atoms in total. The number of aryl methyl sites for hydroxylation is 1. The Balaban J connectivity index is 1.56. The zero-order chi connectivity index (χ0) is 21.8. The van der Waals surface area contributed by atoms with Crippen LogP contribution in [0.5, 0.6) is 0 Å². The minimum atomic E-state index is -0.416. The van der Waals surface area contributed by atoms with Gasteiger partial charge >= 0.3 is 0 Å². The van der Waals surface area contributed by atoms with Crippen molar-refractivity contribution in [3.05, 3.63) is 82.3 Å². The molecule has 2 amide bonds. The monoisotopic (exact) mass is 417 g/mol. The second-order valence-corrected chi connectivity index (χ2v) is 6.87. The quantitative estimate of drug-likeness (QED) is 0.498. The highest BCUT2D eigenvalue weighted by atomic mass is 16.4. The number of fused-ring (bicyclic) bond motifs is 1. The molecule has 0 bridgehead atoms. The molecule has 0 aliphatic heterocycles. The van der Waals surface area contributed by atoms with Gasteiger partial charge in [-0.3, -0.25) is 14.4 Å². The molecule has 4 rings (SSSR count). The molecular formula is C23H19N3O5. The number of furan rings is 1. The number of hydrogen-bond donors (Lipinski definition) is 2. The highest BCUT2D eigenvalue weighted by Crippen LogP contribution is 2.33. The van der Waals surface area contributed by atoms with E-state index in [9.17, 15) is 14.4 Å². The first kappa shape index (κ1) is 20.1. The van der Waals surface area contributed by atoms with Gasteiger partial charge in [0.1, 0.15) is 17.3 Å². The van der Waals surface area contributed by atoms with Crippen molar-refractivity contribution < 1.29 is 18.4 Å². The van der Waals surface area contributed by atoms with Crippen molar-refractivity contribution in [2.75, 3.05) is 11.9 Å². The fourth-order valence-electron chi connectivity index (χ4n) is 3.17. The standard InChI is InChI=1S/C23H19N3O5/c1-14-11-17(27)23-22(30-14)16(21(31-23)15-7-3-2-4-8-15)12-19(28)25-13-20(29)26-18-9-5-6-10-24-18/h2-11H,12-13H2,1H3,(H,25,28)(H,24,26,29). The van der Waals surface area contributed by atoms with Crippen LogP contribution in [0.15, 0.2) is 74.4 Å². The van der Waals surface area contributed by atoms with Crippen molar-refractivity contribution in [1.82, 2.24) is 10.3 Å². The molecule has 0 atom stereocenters. The Kier molecular flexibility index (Phi) is 5.61. The molecule has 0 radical (unpaired) electrons. The zero-order valence-corrected chi connectivity index (χ0v) is 16.7. The first-order valence-electron chi connectivity index (χ1n) is 9.60. The number of anilines is 1. The smallest absolute Gasteiger partial charge is 0.244 e. The van der Waals surface area contributed by atoms with Gasteiger partial charge in [-0.25, -0.2) is 4.98 Å². The second-order valence-electron chi connectivity index (χ2n) is 6.87. The summed E-state index contributed by atoms with van der Waals surface area (Å²) in [6.45, 7) is 1.43. The van der Waals surface area contributed by atoms with Crippen LogP contribution >= 0.6 is 0 Å². The van der Waals surface area contributed by atoms with Crippen LogP contribution in [0.2, 0.25) is 0 Å². The van der Waals surface area contributed by atoms with E-state index in [-0.39, 0.29) is 29.6 Å². The predicted octanol–water partition coefficient (Wildman–Crippen LogP) is 3.05. The van der Waals surface area contributed by atoms with Crippen LogP contribution in [0.1, 0.15) is 11.3 Å². The third kappa shape index (κ3) is 4.53. The lowest BCUT2D eigenvalue weighted by molar-refractivity contribution is -0.123. The van der Waals surface area contributed by atoms with E-state index in [0.29, 0.717) is 28.5 Å². The van der Waals surface area contributed by atoms with E-state index < -0.39 is 11.8 Å². The molecule has 3 aromatic heterocycles. The fraction of sp³-hybridized carbons (Fsp3) is 0.130. The number of carbonyl (C=O) groups is 2. The van der Waals surface area contributed by atoms with Crippen LogP contribution in [0.3, 0.4) is 0 Å². The normalized spacial score (nSPS) is 10.7. The van der Waals surface area contributed by atoms with Gasteiger partial charge in [0.2, 0.25) is 22.8 Å². The summed E-state index contributed by atoms with van der Waals surface area (Å²) in [7, 11) is 0. The molecule has 2 N–H and O–H groups in total. The van der Waals surface area contributed by atoms with E-state index in [1.165, 1.54) is 6.07 Å². The molecular weight excluding hydrogens is 398 g/mol. The SMILES string of the molecule is Cc1cc(=O)c2oc(-c3ccccc3)c(CC(=O)NCC(=O)Nc3ccccn3)c2o1. The zero-order valence-electron chi connectivity index (χ0n) is 16.7. The van der Waals surface area contributed by atoms with Crippen molar-refractivity contribution in [3.8, 4) is 11.3 Å². The number of aromatic nitrogens is 1. The number of hydrogen-bond acceptors (Lipinski definition) is 6. The molecule has 1 aromatic carbocycles. The molecule has 8 heteroatoms. The average molecular weight is 417 g/mol. The number of rotatable bonds is 6. The predicted molar refractivity (Wildman–Crippen MR) is 115 cm³/mol. The largest absolute Gasteiger partial charge is 0.457 e. The summed E-state index contributed by atoms with van der Waals surface area (Å²) in [4.78, 5) is 41.0. The number of pyridine rings is 1. The number of amides is 2. The molecule has 3 heterocycles. The summed E-state index contributed by atoms with van der Waals surface area (Å²) in [5, 5.41) is 5.17. The minimum Gasteiger partial charge on any atom is -0.457 e. The molecule has 31 heavy (non-hydrogen) atoms. The number of nitrogens with zero attached hydrogens (tertiary/aromatic N) is 1. The van der Waals surface area contributed by atoms with Gasteiger partial charge in [-0.05, 0) is 19.1 Å². The molecule has 0 unspecified atom stereocenters. The highest BCUT2D eigenvalue weighted by molar-refractivity contribution is 5.95. The molecule has 156 valence electrons. The van der Waals surface area contributed by atoms with E-state index in [1.54, 1.807) is 31.3 Å². The van der Waals surface area contributed by atoms with Crippen LogP contribution in [-0.2, 0) is 16.0 Å². The third-order valence-electron chi connectivity index (χ3n) is 4.53. The molecule has 4 aromatic rings. The van der Waals surface area contributed by atoms with Crippen LogP contribution in [0, 0.1) is 6.92 Å². The molecule has 0 saturated carbocycles. The van der Waals surface area contributed by atoms with Gasteiger partial charge in [0.15, 0.2) is 5.58 Å². The Morgan fingerprint density at radius 1 is 0.968 bits per heavy atom. The Bertz CT molecular complexity index is 1290. The first-order valence-corrected chi connectivity index (χ1v) is 9.60. The maximum atomic E-state index is 12.6. The number of carbonyl (C=O) groups excluding carboxylic acids is 2. The summed E-state index contributed by atoms with van der Waals surface area (Å²) < 4.78 is 11.5. The Morgan fingerprint density at radius 2 is 1.74 bits per heavy atom. The number of nitrogens with one attached hydrogen (secondary N) is 2.